The Bertz CT molecular complexity index is 710. The van der Waals surface area contributed by atoms with Crippen LogP contribution in [0.3, 0.4) is 0 Å². The van der Waals surface area contributed by atoms with Crippen LogP contribution in [0.2, 0.25) is 0 Å². The van der Waals surface area contributed by atoms with Gasteiger partial charge in [0.15, 0.2) is 0 Å². The zero-order chi connectivity index (χ0) is 17.5. The quantitative estimate of drug-likeness (QED) is 0.591. The molecule has 0 aliphatic carbocycles. The number of ether oxygens (including phenoxy) is 2. The number of hydrogen-bond donors (Lipinski definition) is 0. The van der Waals surface area contributed by atoms with E-state index in [-0.39, 0.29) is 12.0 Å². The number of methoxy groups -OCH3 is 1. The summed E-state index contributed by atoms with van der Waals surface area (Å²) in [5, 5.41) is 0. The van der Waals surface area contributed by atoms with Crippen molar-refractivity contribution < 1.29 is 14.3 Å². The van der Waals surface area contributed by atoms with Crippen LogP contribution >= 0.6 is 0 Å². The molecule has 1 aliphatic rings. The Labute approximate surface area is 148 Å². The third-order valence-electron chi connectivity index (χ3n) is 4.38. The number of nitrogens with zero attached hydrogens (tertiary/aromatic N) is 1. The normalized spacial score (nSPS) is 17.0. The lowest BCUT2D eigenvalue weighted by atomic mass is 10.2. The van der Waals surface area contributed by atoms with Crippen molar-refractivity contribution in [1.82, 2.24) is 0 Å². The predicted octanol–water partition coefficient (Wildman–Crippen LogP) is 3.96. The van der Waals surface area contributed by atoms with Crippen LogP contribution in [-0.2, 0) is 16.1 Å². The maximum absolute atomic E-state index is 12.0. The Morgan fingerprint density at radius 2 is 1.92 bits per heavy atom. The largest absolute Gasteiger partial charge is 0.497 e. The third-order valence-corrected chi connectivity index (χ3v) is 4.38. The molecule has 0 unspecified atom stereocenters. The minimum Gasteiger partial charge on any atom is -0.497 e. The van der Waals surface area contributed by atoms with Crippen LogP contribution in [0.25, 0.3) is 0 Å². The first-order valence-electron chi connectivity index (χ1n) is 8.56. The van der Waals surface area contributed by atoms with Crippen LogP contribution in [0.4, 0.5) is 5.69 Å². The number of hydrogen-bond acceptors (Lipinski definition) is 4. The van der Waals surface area contributed by atoms with Gasteiger partial charge in [0.05, 0.1) is 7.11 Å². The maximum atomic E-state index is 12.0. The Morgan fingerprint density at radius 1 is 1.16 bits per heavy atom. The molecule has 0 amide bonds. The molecule has 2 aromatic carbocycles. The van der Waals surface area contributed by atoms with E-state index in [0.717, 1.165) is 36.4 Å². The maximum Gasteiger partial charge on any atom is 0.330 e. The molecule has 1 atom stereocenters. The fourth-order valence-corrected chi connectivity index (χ4v) is 3.05. The van der Waals surface area contributed by atoms with Crippen molar-refractivity contribution in [3.8, 4) is 5.75 Å². The molecule has 0 radical (unpaired) electrons. The molecule has 3 rings (SSSR count). The summed E-state index contributed by atoms with van der Waals surface area (Å²) in [4.78, 5) is 14.3. The molecule has 1 aliphatic heterocycles. The molecule has 0 saturated carbocycles. The molecular weight excluding hydrogens is 314 g/mol. The lowest BCUT2D eigenvalue weighted by Gasteiger charge is -2.24. The fraction of sp³-hybridized carbons (Fsp3) is 0.286. The number of benzene rings is 2. The average molecular weight is 337 g/mol. The molecule has 0 N–H and O–H groups in total. The summed E-state index contributed by atoms with van der Waals surface area (Å²) in [5.41, 5.74) is 2.13. The SMILES string of the molecule is COc1ccc(N2CCC[C@@H]2/C=C/C(=O)OCc2ccccc2)cc1. The van der Waals surface area contributed by atoms with Crippen molar-refractivity contribution in [1.29, 1.82) is 0 Å². The summed E-state index contributed by atoms with van der Waals surface area (Å²) in [6, 6.07) is 18.0. The van der Waals surface area contributed by atoms with E-state index >= 15 is 0 Å². The van der Waals surface area contributed by atoms with Crippen LogP contribution in [0.15, 0.2) is 66.7 Å². The van der Waals surface area contributed by atoms with Gasteiger partial charge >= 0.3 is 5.97 Å². The summed E-state index contributed by atoms with van der Waals surface area (Å²) in [6.45, 7) is 1.29. The first-order valence-corrected chi connectivity index (χ1v) is 8.56. The van der Waals surface area contributed by atoms with Crippen LogP contribution in [0.5, 0.6) is 5.75 Å². The Hall–Kier alpha value is -2.75. The summed E-state index contributed by atoms with van der Waals surface area (Å²) < 4.78 is 10.5. The Balaban J connectivity index is 1.56. The fourth-order valence-electron chi connectivity index (χ4n) is 3.05. The van der Waals surface area contributed by atoms with Crippen LogP contribution in [0, 0.1) is 0 Å². The number of carbonyl (C=O) groups excluding carboxylic acids is 1. The highest BCUT2D eigenvalue weighted by molar-refractivity contribution is 5.82. The van der Waals surface area contributed by atoms with E-state index in [1.54, 1.807) is 13.2 Å². The predicted molar refractivity (Wildman–Crippen MR) is 98.7 cm³/mol. The van der Waals surface area contributed by atoms with Gasteiger partial charge in [-0.25, -0.2) is 4.79 Å². The van der Waals surface area contributed by atoms with Crippen molar-refractivity contribution >= 4 is 11.7 Å². The van der Waals surface area contributed by atoms with Crippen molar-refractivity contribution in [3.05, 3.63) is 72.3 Å². The molecule has 1 fully saturated rings. The Kier molecular flexibility index (Phi) is 5.73. The van der Waals surface area contributed by atoms with Crippen molar-refractivity contribution in [3.63, 3.8) is 0 Å². The van der Waals surface area contributed by atoms with Crippen molar-refractivity contribution in [2.24, 2.45) is 0 Å². The number of rotatable bonds is 6. The molecule has 4 nitrogen and oxygen atoms in total. The van der Waals surface area contributed by atoms with Gasteiger partial charge in [0.25, 0.3) is 0 Å². The first kappa shape index (κ1) is 17.1. The van der Waals surface area contributed by atoms with Crippen molar-refractivity contribution in [2.75, 3.05) is 18.6 Å². The number of carbonyl (C=O) groups is 1. The van der Waals surface area contributed by atoms with Gasteiger partial charge < -0.3 is 14.4 Å². The highest BCUT2D eigenvalue weighted by Gasteiger charge is 2.22. The molecular formula is C21H23NO3. The molecule has 2 aromatic rings. The van der Waals surface area contributed by atoms with Crippen LogP contribution < -0.4 is 9.64 Å². The van der Waals surface area contributed by atoms with Crippen LogP contribution in [0.1, 0.15) is 18.4 Å². The smallest absolute Gasteiger partial charge is 0.330 e. The van der Waals surface area contributed by atoms with Gasteiger partial charge in [0.2, 0.25) is 0 Å². The molecule has 25 heavy (non-hydrogen) atoms. The lowest BCUT2D eigenvalue weighted by molar-refractivity contribution is -0.139. The zero-order valence-electron chi connectivity index (χ0n) is 14.4. The van der Waals surface area contributed by atoms with Gasteiger partial charge in [-0.2, -0.15) is 0 Å². The highest BCUT2D eigenvalue weighted by atomic mass is 16.5. The van der Waals surface area contributed by atoms with Gasteiger partial charge in [-0.1, -0.05) is 36.4 Å². The first-order chi connectivity index (χ1) is 12.3. The summed E-state index contributed by atoms with van der Waals surface area (Å²) in [6.07, 6.45) is 5.65. The topological polar surface area (TPSA) is 38.8 Å². The third kappa shape index (κ3) is 4.63. The molecule has 0 spiro atoms. The van der Waals surface area contributed by atoms with Gasteiger partial charge in [-0.3, -0.25) is 0 Å². The number of anilines is 1. The van der Waals surface area contributed by atoms with Crippen molar-refractivity contribution in [2.45, 2.75) is 25.5 Å². The second kappa shape index (κ2) is 8.38. The Morgan fingerprint density at radius 3 is 2.64 bits per heavy atom. The minimum atomic E-state index is -0.301. The van der Waals surface area contributed by atoms with Crippen LogP contribution in [-0.4, -0.2) is 25.7 Å². The van der Waals surface area contributed by atoms with E-state index in [2.05, 4.69) is 17.0 Å². The van der Waals surface area contributed by atoms with Gasteiger partial charge in [-0.05, 0) is 42.7 Å². The molecule has 4 heteroatoms. The summed E-state index contributed by atoms with van der Waals surface area (Å²) in [7, 11) is 1.66. The summed E-state index contributed by atoms with van der Waals surface area (Å²) >= 11 is 0. The van der Waals surface area contributed by atoms with Gasteiger partial charge in [0, 0.05) is 24.4 Å². The van der Waals surface area contributed by atoms with E-state index in [4.69, 9.17) is 9.47 Å². The molecule has 0 aromatic heterocycles. The van der Waals surface area contributed by atoms with E-state index in [9.17, 15) is 4.79 Å². The van der Waals surface area contributed by atoms with E-state index in [1.165, 1.54) is 0 Å². The molecule has 130 valence electrons. The monoisotopic (exact) mass is 337 g/mol. The second-order valence-corrected chi connectivity index (χ2v) is 6.05. The van der Waals surface area contributed by atoms with Gasteiger partial charge in [-0.15, -0.1) is 0 Å². The number of esters is 1. The van der Waals surface area contributed by atoms with E-state index in [1.807, 2.05) is 48.5 Å². The minimum absolute atomic E-state index is 0.220. The molecule has 1 saturated heterocycles. The van der Waals surface area contributed by atoms with E-state index in [0.29, 0.717) is 6.61 Å². The molecule has 1 heterocycles. The average Bonchev–Trinajstić information content (AvgIpc) is 3.14. The van der Waals surface area contributed by atoms with Gasteiger partial charge in [0.1, 0.15) is 12.4 Å². The molecule has 0 bridgehead atoms. The standard InChI is InChI=1S/C21H23NO3/c1-24-20-12-9-19(10-13-20)22-15-5-8-18(22)11-14-21(23)25-16-17-6-3-2-4-7-17/h2-4,6-7,9-14,18H,5,8,15-16H2,1H3/b14-11+/t18-/m1/s1. The highest BCUT2D eigenvalue weighted by Crippen LogP contribution is 2.27. The summed E-state index contributed by atoms with van der Waals surface area (Å²) in [5.74, 6) is 0.546. The van der Waals surface area contributed by atoms with E-state index < -0.39 is 0 Å². The second-order valence-electron chi connectivity index (χ2n) is 6.05. The zero-order valence-corrected chi connectivity index (χ0v) is 14.4. The lowest BCUT2D eigenvalue weighted by Crippen LogP contribution is -2.27.